The Bertz CT molecular complexity index is 364. The number of hydrogen-bond acceptors (Lipinski definition) is 3. The first kappa shape index (κ1) is 12.5. The molecule has 2 N–H and O–H groups in total. The molecule has 0 atom stereocenters. The van der Waals surface area contributed by atoms with Gasteiger partial charge in [0.05, 0.1) is 7.11 Å². The molecule has 0 aromatic heterocycles. The second-order valence-electron chi connectivity index (χ2n) is 3.56. The van der Waals surface area contributed by atoms with Gasteiger partial charge in [0.25, 0.3) is 0 Å². The minimum atomic E-state index is -0.0594. The fourth-order valence-corrected chi connectivity index (χ4v) is 1.48. The second-order valence-corrected chi connectivity index (χ2v) is 3.56. The maximum Gasteiger partial charge on any atom is 0.221 e. The van der Waals surface area contributed by atoms with E-state index in [9.17, 15) is 4.79 Å². The minimum absolute atomic E-state index is 0.0594. The van der Waals surface area contributed by atoms with E-state index in [0.29, 0.717) is 0 Å². The first-order valence-electron chi connectivity index (χ1n) is 5.26. The first-order valence-corrected chi connectivity index (χ1v) is 5.26. The predicted molar refractivity (Wildman–Crippen MR) is 64.9 cm³/mol. The summed E-state index contributed by atoms with van der Waals surface area (Å²) in [6, 6.07) is 5.65. The number of methoxy groups -OCH3 is 1. The molecule has 1 aromatic rings. The van der Waals surface area contributed by atoms with Crippen LogP contribution in [-0.2, 0) is 11.2 Å². The van der Waals surface area contributed by atoms with Gasteiger partial charge in [0.1, 0.15) is 5.75 Å². The van der Waals surface area contributed by atoms with E-state index in [1.54, 1.807) is 7.11 Å². The summed E-state index contributed by atoms with van der Waals surface area (Å²) < 4.78 is 5.16. The van der Waals surface area contributed by atoms with Crippen LogP contribution in [0.4, 0.5) is 5.69 Å². The summed E-state index contributed by atoms with van der Waals surface area (Å²) in [6.07, 6.45) is 0.851. The second kappa shape index (κ2) is 6.12. The molecule has 0 saturated carbocycles. The number of hydrogen-bond donors (Lipinski definition) is 2. The molecular formula is C12H18N2O2. The molecule has 0 saturated heterocycles. The van der Waals surface area contributed by atoms with E-state index in [1.165, 1.54) is 6.92 Å². The number of anilines is 1. The van der Waals surface area contributed by atoms with Gasteiger partial charge in [-0.1, -0.05) is 0 Å². The molecule has 0 aliphatic rings. The quantitative estimate of drug-likeness (QED) is 0.792. The van der Waals surface area contributed by atoms with Crippen LogP contribution in [0, 0.1) is 0 Å². The lowest BCUT2D eigenvalue weighted by atomic mass is 10.1. The molecule has 88 valence electrons. The van der Waals surface area contributed by atoms with Crippen molar-refractivity contribution in [2.75, 3.05) is 26.0 Å². The van der Waals surface area contributed by atoms with E-state index in [0.717, 1.165) is 30.0 Å². The molecule has 4 nitrogen and oxygen atoms in total. The van der Waals surface area contributed by atoms with E-state index < -0.39 is 0 Å². The highest BCUT2D eigenvalue weighted by Crippen LogP contribution is 2.22. The van der Waals surface area contributed by atoms with E-state index in [2.05, 4.69) is 10.6 Å². The molecule has 1 amide bonds. The summed E-state index contributed by atoms with van der Waals surface area (Å²) in [7, 11) is 3.54. The van der Waals surface area contributed by atoms with E-state index >= 15 is 0 Å². The Hall–Kier alpha value is -1.55. The molecule has 0 aliphatic carbocycles. The largest absolute Gasteiger partial charge is 0.497 e. The number of carbonyl (C=O) groups excluding carboxylic acids is 1. The van der Waals surface area contributed by atoms with Crippen LogP contribution < -0.4 is 15.4 Å². The Balaban J connectivity index is 2.91. The van der Waals surface area contributed by atoms with Gasteiger partial charge in [-0.3, -0.25) is 4.79 Å². The average Bonchev–Trinajstić information content (AvgIpc) is 2.27. The lowest BCUT2D eigenvalue weighted by Crippen LogP contribution is -2.13. The molecule has 0 spiro atoms. The minimum Gasteiger partial charge on any atom is -0.497 e. The van der Waals surface area contributed by atoms with Crippen LogP contribution >= 0.6 is 0 Å². The summed E-state index contributed by atoms with van der Waals surface area (Å²) in [5, 5.41) is 5.89. The molecule has 0 bridgehead atoms. The van der Waals surface area contributed by atoms with Gasteiger partial charge in [0.15, 0.2) is 0 Å². The zero-order chi connectivity index (χ0) is 12.0. The van der Waals surface area contributed by atoms with Crippen LogP contribution in [0.1, 0.15) is 12.5 Å². The SMILES string of the molecule is CNCCc1cc(OC)ccc1NC(C)=O. The van der Waals surface area contributed by atoms with Crippen LogP contribution in [0.25, 0.3) is 0 Å². The van der Waals surface area contributed by atoms with Gasteiger partial charge in [-0.05, 0) is 43.8 Å². The van der Waals surface area contributed by atoms with Gasteiger partial charge in [-0.15, -0.1) is 0 Å². The van der Waals surface area contributed by atoms with Crippen LogP contribution in [0.15, 0.2) is 18.2 Å². The zero-order valence-corrected chi connectivity index (χ0v) is 9.96. The Labute approximate surface area is 96.0 Å². The van der Waals surface area contributed by atoms with Crippen molar-refractivity contribution < 1.29 is 9.53 Å². The molecule has 0 radical (unpaired) electrons. The monoisotopic (exact) mass is 222 g/mol. The van der Waals surface area contributed by atoms with Crippen LogP contribution in [0.5, 0.6) is 5.75 Å². The summed E-state index contributed by atoms with van der Waals surface area (Å²) in [5.74, 6) is 0.746. The lowest BCUT2D eigenvalue weighted by molar-refractivity contribution is -0.114. The van der Waals surface area contributed by atoms with Crippen molar-refractivity contribution in [3.8, 4) is 5.75 Å². The number of ether oxygens (including phenoxy) is 1. The number of likely N-dealkylation sites (N-methyl/N-ethyl adjacent to an activating group) is 1. The Morgan fingerprint density at radius 2 is 2.19 bits per heavy atom. The number of amides is 1. The van der Waals surface area contributed by atoms with Crippen molar-refractivity contribution in [2.24, 2.45) is 0 Å². The van der Waals surface area contributed by atoms with Crippen LogP contribution in [0.3, 0.4) is 0 Å². The third-order valence-electron chi connectivity index (χ3n) is 2.27. The number of rotatable bonds is 5. The maximum absolute atomic E-state index is 11.0. The van der Waals surface area contributed by atoms with Crippen molar-refractivity contribution in [2.45, 2.75) is 13.3 Å². The average molecular weight is 222 g/mol. The van der Waals surface area contributed by atoms with Gasteiger partial charge in [-0.2, -0.15) is 0 Å². The van der Waals surface area contributed by atoms with Gasteiger partial charge >= 0.3 is 0 Å². The van der Waals surface area contributed by atoms with Crippen molar-refractivity contribution in [1.29, 1.82) is 0 Å². The third-order valence-corrected chi connectivity index (χ3v) is 2.27. The van der Waals surface area contributed by atoms with Gasteiger partial charge < -0.3 is 15.4 Å². The predicted octanol–water partition coefficient (Wildman–Crippen LogP) is 1.42. The third kappa shape index (κ3) is 3.55. The highest BCUT2D eigenvalue weighted by atomic mass is 16.5. The number of nitrogens with one attached hydrogen (secondary N) is 2. The molecule has 0 fully saturated rings. The molecule has 0 heterocycles. The highest BCUT2D eigenvalue weighted by Gasteiger charge is 2.05. The smallest absolute Gasteiger partial charge is 0.221 e. The number of carbonyl (C=O) groups is 1. The normalized spacial score (nSPS) is 9.94. The fourth-order valence-electron chi connectivity index (χ4n) is 1.48. The fraction of sp³-hybridized carbons (Fsp3) is 0.417. The van der Waals surface area contributed by atoms with Gasteiger partial charge in [0, 0.05) is 12.6 Å². The van der Waals surface area contributed by atoms with E-state index in [-0.39, 0.29) is 5.91 Å². The van der Waals surface area contributed by atoms with Crippen molar-refractivity contribution in [1.82, 2.24) is 5.32 Å². The topological polar surface area (TPSA) is 50.4 Å². The Morgan fingerprint density at radius 1 is 1.44 bits per heavy atom. The Morgan fingerprint density at radius 3 is 2.75 bits per heavy atom. The summed E-state index contributed by atoms with van der Waals surface area (Å²) >= 11 is 0. The standard InChI is InChI=1S/C12H18N2O2/c1-9(15)14-12-5-4-11(16-3)8-10(12)6-7-13-2/h4-5,8,13H,6-7H2,1-3H3,(H,14,15). The molecule has 4 heteroatoms. The molecule has 0 unspecified atom stereocenters. The molecule has 0 aliphatic heterocycles. The zero-order valence-electron chi connectivity index (χ0n) is 9.96. The molecule has 1 rings (SSSR count). The summed E-state index contributed by atoms with van der Waals surface area (Å²) in [5.41, 5.74) is 1.92. The molecule has 1 aromatic carbocycles. The van der Waals surface area contributed by atoms with Crippen molar-refractivity contribution >= 4 is 11.6 Å². The van der Waals surface area contributed by atoms with Crippen LogP contribution in [0.2, 0.25) is 0 Å². The van der Waals surface area contributed by atoms with Crippen molar-refractivity contribution in [3.63, 3.8) is 0 Å². The first-order chi connectivity index (χ1) is 7.67. The van der Waals surface area contributed by atoms with Crippen LogP contribution in [-0.4, -0.2) is 26.6 Å². The molecular weight excluding hydrogens is 204 g/mol. The van der Waals surface area contributed by atoms with E-state index in [4.69, 9.17) is 4.74 Å². The van der Waals surface area contributed by atoms with E-state index in [1.807, 2.05) is 25.2 Å². The lowest BCUT2D eigenvalue weighted by Gasteiger charge is -2.11. The summed E-state index contributed by atoms with van der Waals surface area (Å²) in [6.45, 7) is 2.37. The van der Waals surface area contributed by atoms with Gasteiger partial charge in [0.2, 0.25) is 5.91 Å². The molecule has 16 heavy (non-hydrogen) atoms. The Kier molecular flexibility index (Phi) is 4.79. The summed E-state index contributed by atoms with van der Waals surface area (Å²) in [4.78, 5) is 11.0. The highest BCUT2D eigenvalue weighted by molar-refractivity contribution is 5.89. The number of benzene rings is 1. The van der Waals surface area contributed by atoms with Crippen molar-refractivity contribution in [3.05, 3.63) is 23.8 Å². The maximum atomic E-state index is 11.0. The van der Waals surface area contributed by atoms with Gasteiger partial charge in [-0.25, -0.2) is 0 Å².